The molecule has 0 aliphatic carbocycles. The van der Waals surface area contributed by atoms with Crippen LogP contribution in [-0.4, -0.2) is 31.9 Å². The first kappa shape index (κ1) is 11.0. The van der Waals surface area contributed by atoms with Crippen LogP contribution in [0, 0.1) is 0 Å². The van der Waals surface area contributed by atoms with Gasteiger partial charge in [-0.1, -0.05) is 6.08 Å². The van der Waals surface area contributed by atoms with E-state index >= 15 is 0 Å². The van der Waals surface area contributed by atoms with Gasteiger partial charge >= 0.3 is 6.09 Å². The summed E-state index contributed by atoms with van der Waals surface area (Å²) in [5, 5.41) is 11.3. The highest BCUT2D eigenvalue weighted by Crippen LogP contribution is 1.90. The van der Waals surface area contributed by atoms with Crippen LogP contribution >= 0.6 is 0 Å². The van der Waals surface area contributed by atoms with Gasteiger partial charge in [0.05, 0.1) is 0 Å². The van der Waals surface area contributed by atoms with E-state index < -0.39 is 22.0 Å². The van der Waals surface area contributed by atoms with E-state index in [0.717, 1.165) is 11.7 Å². The maximum Gasteiger partial charge on any atom is 0.405 e. The van der Waals surface area contributed by atoms with Gasteiger partial charge in [0.25, 0.3) is 0 Å². The van der Waals surface area contributed by atoms with Crippen molar-refractivity contribution in [3.05, 3.63) is 11.5 Å². The van der Waals surface area contributed by atoms with Crippen molar-refractivity contribution in [1.29, 1.82) is 0 Å². The van der Waals surface area contributed by atoms with Gasteiger partial charge in [0.2, 0.25) is 0 Å². The summed E-state index contributed by atoms with van der Waals surface area (Å²) in [5.41, 5.74) is 0. The smallest absolute Gasteiger partial charge is 0.405 e. The molecule has 0 aromatic heterocycles. The Morgan fingerprint density at radius 1 is 1.58 bits per heavy atom. The first-order valence-electron chi connectivity index (χ1n) is 3.19. The molecule has 0 bridgehead atoms. The van der Waals surface area contributed by atoms with Gasteiger partial charge < -0.3 is 10.4 Å². The number of amides is 1. The molecule has 0 unspecified atom stereocenters. The molecule has 0 spiro atoms. The van der Waals surface area contributed by atoms with Crippen molar-refractivity contribution in [3.63, 3.8) is 0 Å². The summed E-state index contributed by atoms with van der Waals surface area (Å²) >= 11 is 0. The molecule has 0 saturated heterocycles. The highest BCUT2D eigenvalue weighted by Gasteiger charge is 2.01. The molecular weight excluding hydrogens is 182 g/mol. The van der Waals surface area contributed by atoms with Crippen LogP contribution in [0.1, 0.15) is 6.92 Å². The van der Waals surface area contributed by atoms with E-state index in [-0.39, 0.29) is 0 Å². The third-order valence-corrected chi connectivity index (χ3v) is 1.62. The Morgan fingerprint density at radius 3 is 2.42 bits per heavy atom. The van der Waals surface area contributed by atoms with Crippen molar-refractivity contribution in [2.45, 2.75) is 13.0 Å². The molecule has 0 radical (unpaired) electrons. The molecule has 0 saturated carbocycles. The minimum Gasteiger partial charge on any atom is -0.465 e. The van der Waals surface area contributed by atoms with Crippen molar-refractivity contribution >= 4 is 15.9 Å². The van der Waals surface area contributed by atoms with Crippen molar-refractivity contribution in [2.75, 3.05) is 6.26 Å². The van der Waals surface area contributed by atoms with Crippen LogP contribution in [0.5, 0.6) is 0 Å². The number of hydrogen-bond donors (Lipinski definition) is 2. The normalized spacial score (nSPS) is 14.5. The van der Waals surface area contributed by atoms with Crippen molar-refractivity contribution in [2.24, 2.45) is 0 Å². The molecule has 0 aromatic rings. The van der Waals surface area contributed by atoms with E-state index in [4.69, 9.17) is 5.11 Å². The Hall–Kier alpha value is -1.04. The summed E-state index contributed by atoms with van der Waals surface area (Å²) in [7, 11) is -3.17. The molecule has 6 heteroatoms. The molecule has 0 aliphatic rings. The van der Waals surface area contributed by atoms with Crippen LogP contribution in [0.3, 0.4) is 0 Å². The minimum atomic E-state index is -3.17. The molecule has 0 aliphatic heterocycles. The Bertz CT molecular complexity index is 280. The van der Waals surface area contributed by atoms with Crippen molar-refractivity contribution in [1.82, 2.24) is 5.32 Å². The molecule has 0 aromatic carbocycles. The van der Waals surface area contributed by atoms with Crippen LogP contribution in [0.4, 0.5) is 4.79 Å². The van der Waals surface area contributed by atoms with Gasteiger partial charge in [0.1, 0.15) is 0 Å². The van der Waals surface area contributed by atoms with E-state index in [0.29, 0.717) is 0 Å². The molecule has 1 atom stereocenters. The van der Waals surface area contributed by atoms with E-state index in [1.165, 1.54) is 13.0 Å². The molecular formula is C6H11NO4S. The average molecular weight is 193 g/mol. The quantitative estimate of drug-likeness (QED) is 0.670. The minimum absolute atomic E-state index is 0.503. The summed E-state index contributed by atoms with van der Waals surface area (Å²) in [6.07, 6.45) is 1.13. The average Bonchev–Trinajstić information content (AvgIpc) is 1.80. The summed E-state index contributed by atoms with van der Waals surface area (Å²) in [5.74, 6) is 0. The standard InChI is InChI=1S/C6H11NO4S/c1-5(7-6(8)9)3-4-12(2,10)11/h3-5,7H,1-2H3,(H,8,9)/b4-3-/t5-/m0/s1. The van der Waals surface area contributed by atoms with E-state index in [2.05, 4.69) is 5.32 Å². The van der Waals surface area contributed by atoms with Gasteiger partial charge in [0, 0.05) is 17.7 Å². The lowest BCUT2D eigenvalue weighted by Gasteiger charge is -2.03. The summed E-state index contributed by atoms with van der Waals surface area (Å²) in [6, 6.07) is -0.503. The van der Waals surface area contributed by atoms with Crippen LogP contribution in [0.2, 0.25) is 0 Å². The zero-order chi connectivity index (χ0) is 9.78. The fraction of sp³-hybridized carbons (Fsp3) is 0.500. The zero-order valence-electron chi connectivity index (χ0n) is 6.81. The lowest BCUT2D eigenvalue weighted by atomic mass is 10.3. The lowest BCUT2D eigenvalue weighted by molar-refractivity contribution is 0.193. The SMILES string of the molecule is C[C@@H](/C=C\S(C)(=O)=O)NC(=O)O. The molecule has 0 heterocycles. The highest BCUT2D eigenvalue weighted by atomic mass is 32.2. The number of carboxylic acid groups (broad SMARTS) is 1. The third-order valence-electron chi connectivity index (χ3n) is 0.966. The van der Waals surface area contributed by atoms with Crippen LogP contribution in [-0.2, 0) is 9.84 Å². The van der Waals surface area contributed by atoms with Gasteiger partial charge in [-0.05, 0) is 6.92 Å². The predicted octanol–water partition coefficient (Wildman–Crippen LogP) is 0.201. The fourth-order valence-corrected chi connectivity index (χ4v) is 1.02. The number of sulfone groups is 1. The zero-order valence-corrected chi connectivity index (χ0v) is 7.63. The topological polar surface area (TPSA) is 83.5 Å². The van der Waals surface area contributed by atoms with Gasteiger partial charge in [-0.15, -0.1) is 0 Å². The number of carbonyl (C=O) groups is 1. The lowest BCUT2D eigenvalue weighted by Crippen LogP contribution is -2.29. The number of nitrogens with one attached hydrogen (secondary N) is 1. The third kappa shape index (κ3) is 7.07. The second-order valence-electron chi connectivity index (χ2n) is 2.40. The van der Waals surface area contributed by atoms with Crippen LogP contribution in [0.25, 0.3) is 0 Å². The summed E-state index contributed by atoms with van der Waals surface area (Å²) in [6.45, 7) is 1.54. The Morgan fingerprint density at radius 2 is 2.08 bits per heavy atom. The van der Waals surface area contributed by atoms with E-state index in [1.807, 2.05) is 0 Å². The van der Waals surface area contributed by atoms with Crippen molar-refractivity contribution < 1.29 is 18.3 Å². The first-order valence-corrected chi connectivity index (χ1v) is 5.14. The second kappa shape index (κ2) is 4.10. The maximum atomic E-state index is 10.6. The van der Waals surface area contributed by atoms with E-state index in [1.54, 1.807) is 0 Å². The molecule has 5 nitrogen and oxygen atoms in total. The largest absolute Gasteiger partial charge is 0.465 e. The molecule has 70 valence electrons. The first-order chi connectivity index (χ1) is 5.31. The summed E-state index contributed by atoms with van der Waals surface area (Å²) < 4.78 is 21.1. The monoisotopic (exact) mass is 193 g/mol. The molecule has 12 heavy (non-hydrogen) atoms. The van der Waals surface area contributed by atoms with Gasteiger partial charge in [-0.25, -0.2) is 13.2 Å². The van der Waals surface area contributed by atoms with Gasteiger partial charge in [0.15, 0.2) is 9.84 Å². The number of hydrogen-bond acceptors (Lipinski definition) is 3. The predicted molar refractivity (Wildman–Crippen MR) is 44.6 cm³/mol. The molecule has 1 amide bonds. The Labute approximate surface area is 71.0 Å². The Balaban J connectivity index is 4.10. The molecule has 0 rings (SSSR count). The van der Waals surface area contributed by atoms with Crippen LogP contribution in [0.15, 0.2) is 11.5 Å². The maximum absolute atomic E-state index is 10.6. The van der Waals surface area contributed by atoms with E-state index in [9.17, 15) is 13.2 Å². The number of rotatable bonds is 3. The van der Waals surface area contributed by atoms with Crippen LogP contribution < -0.4 is 5.32 Å². The Kier molecular flexibility index (Phi) is 3.75. The molecule has 2 N–H and O–H groups in total. The summed E-state index contributed by atoms with van der Waals surface area (Å²) in [4.78, 5) is 10.0. The van der Waals surface area contributed by atoms with Gasteiger partial charge in [-0.2, -0.15) is 0 Å². The fourth-order valence-electron chi connectivity index (χ4n) is 0.503. The molecule has 0 fully saturated rings. The van der Waals surface area contributed by atoms with Gasteiger partial charge in [-0.3, -0.25) is 0 Å². The second-order valence-corrected chi connectivity index (χ2v) is 4.33. The highest BCUT2D eigenvalue weighted by molar-refractivity contribution is 7.93. The van der Waals surface area contributed by atoms with Crippen molar-refractivity contribution in [3.8, 4) is 0 Å².